The van der Waals surface area contributed by atoms with Crippen molar-refractivity contribution < 1.29 is 9.53 Å². The number of esters is 1. The lowest BCUT2D eigenvalue weighted by atomic mass is 10.2. The van der Waals surface area contributed by atoms with E-state index in [1.165, 1.54) is 0 Å². The molecule has 0 atom stereocenters. The van der Waals surface area contributed by atoms with Crippen LogP contribution < -0.4 is 0 Å². The van der Waals surface area contributed by atoms with E-state index in [0.29, 0.717) is 12.8 Å². The number of nitrogens with one attached hydrogen (secondary N) is 1. The first-order chi connectivity index (χ1) is 6.47. The topological polar surface area (TPSA) is 42.1 Å². The van der Waals surface area contributed by atoms with Gasteiger partial charge in [-0.05, 0) is 39.3 Å². The number of aromatic amines is 1. The zero-order chi connectivity index (χ0) is 10.6. The van der Waals surface area contributed by atoms with Gasteiger partial charge in [-0.25, -0.2) is 0 Å². The third-order valence-electron chi connectivity index (χ3n) is 1.68. The molecular formula is C11H17NO2. The minimum absolute atomic E-state index is 0.146. The molecular weight excluding hydrogens is 178 g/mol. The highest BCUT2D eigenvalue weighted by Crippen LogP contribution is 2.09. The van der Waals surface area contributed by atoms with Gasteiger partial charge in [0.05, 0.1) is 6.42 Å². The van der Waals surface area contributed by atoms with Crippen LogP contribution in [0.25, 0.3) is 0 Å². The molecule has 0 bridgehead atoms. The van der Waals surface area contributed by atoms with Crippen molar-refractivity contribution in [1.82, 2.24) is 4.98 Å². The maximum atomic E-state index is 11.3. The molecule has 3 heteroatoms. The molecule has 0 amide bonds. The quantitative estimate of drug-likeness (QED) is 0.752. The van der Waals surface area contributed by atoms with Crippen LogP contribution in [0.2, 0.25) is 0 Å². The van der Waals surface area contributed by atoms with E-state index >= 15 is 0 Å². The molecule has 0 spiro atoms. The summed E-state index contributed by atoms with van der Waals surface area (Å²) in [7, 11) is 0. The van der Waals surface area contributed by atoms with Crippen LogP contribution in [-0.2, 0) is 16.0 Å². The number of aryl methyl sites for hydroxylation is 1. The first-order valence-electron chi connectivity index (χ1n) is 4.81. The summed E-state index contributed by atoms with van der Waals surface area (Å²) in [6.45, 7) is 5.62. The maximum absolute atomic E-state index is 11.3. The first kappa shape index (κ1) is 10.8. The second-order valence-corrected chi connectivity index (χ2v) is 4.28. The van der Waals surface area contributed by atoms with Crippen LogP contribution in [-0.4, -0.2) is 16.6 Å². The second kappa shape index (κ2) is 4.31. The summed E-state index contributed by atoms with van der Waals surface area (Å²) in [6.07, 6.45) is 2.99. The van der Waals surface area contributed by atoms with Crippen molar-refractivity contribution in [1.29, 1.82) is 0 Å². The zero-order valence-corrected chi connectivity index (χ0v) is 8.96. The Morgan fingerprint density at radius 2 is 2.21 bits per heavy atom. The van der Waals surface area contributed by atoms with E-state index in [0.717, 1.165) is 5.69 Å². The van der Waals surface area contributed by atoms with E-state index in [2.05, 4.69) is 4.98 Å². The molecule has 0 aliphatic heterocycles. The summed E-state index contributed by atoms with van der Waals surface area (Å²) in [4.78, 5) is 14.4. The molecule has 0 fully saturated rings. The molecule has 78 valence electrons. The minimum Gasteiger partial charge on any atom is -0.460 e. The van der Waals surface area contributed by atoms with Gasteiger partial charge in [0.1, 0.15) is 5.60 Å². The molecule has 0 unspecified atom stereocenters. The number of H-pyrrole nitrogens is 1. The molecule has 1 heterocycles. The largest absolute Gasteiger partial charge is 0.460 e. The van der Waals surface area contributed by atoms with Crippen LogP contribution >= 0.6 is 0 Å². The van der Waals surface area contributed by atoms with E-state index < -0.39 is 0 Å². The van der Waals surface area contributed by atoms with Crippen LogP contribution in [0.5, 0.6) is 0 Å². The SMILES string of the molecule is CC(C)(C)OC(=O)CCc1ccc[nH]1. The summed E-state index contributed by atoms with van der Waals surface area (Å²) in [5, 5.41) is 0. The summed E-state index contributed by atoms with van der Waals surface area (Å²) >= 11 is 0. The molecule has 14 heavy (non-hydrogen) atoms. The van der Waals surface area contributed by atoms with Crippen molar-refractivity contribution in [2.75, 3.05) is 0 Å². The van der Waals surface area contributed by atoms with Crippen LogP contribution in [0.3, 0.4) is 0 Å². The fourth-order valence-electron chi connectivity index (χ4n) is 1.15. The van der Waals surface area contributed by atoms with Gasteiger partial charge >= 0.3 is 5.97 Å². The highest BCUT2D eigenvalue weighted by Gasteiger charge is 2.15. The van der Waals surface area contributed by atoms with Gasteiger partial charge in [-0.15, -0.1) is 0 Å². The second-order valence-electron chi connectivity index (χ2n) is 4.28. The Labute approximate surface area is 84.5 Å². The molecule has 1 aromatic rings. The first-order valence-corrected chi connectivity index (χ1v) is 4.81. The molecule has 0 aromatic carbocycles. The number of aromatic nitrogens is 1. The normalized spacial score (nSPS) is 11.4. The maximum Gasteiger partial charge on any atom is 0.306 e. The average Bonchev–Trinajstić information content (AvgIpc) is 2.49. The van der Waals surface area contributed by atoms with Gasteiger partial charge in [-0.3, -0.25) is 4.79 Å². The Morgan fingerprint density at radius 1 is 1.50 bits per heavy atom. The average molecular weight is 195 g/mol. The van der Waals surface area contributed by atoms with Crippen molar-refractivity contribution in [3.8, 4) is 0 Å². The van der Waals surface area contributed by atoms with E-state index in [-0.39, 0.29) is 11.6 Å². The monoisotopic (exact) mass is 195 g/mol. The van der Waals surface area contributed by atoms with E-state index in [9.17, 15) is 4.79 Å². The molecule has 3 nitrogen and oxygen atoms in total. The molecule has 1 rings (SSSR count). The number of carbonyl (C=O) groups is 1. The number of rotatable bonds is 3. The van der Waals surface area contributed by atoms with E-state index in [1.807, 2.05) is 39.1 Å². The van der Waals surface area contributed by atoms with E-state index in [4.69, 9.17) is 4.74 Å². The van der Waals surface area contributed by atoms with Gasteiger partial charge in [0.15, 0.2) is 0 Å². The number of ether oxygens (including phenoxy) is 1. The summed E-state index contributed by atoms with van der Waals surface area (Å²) in [5.74, 6) is -0.146. The summed E-state index contributed by atoms with van der Waals surface area (Å²) in [5.41, 5.74) is 0.683. The molecule has 1 N–H and O–H groups in total. The van der Waals surface area contributed by atoms with Crippen molar-refractivity contribution in [2.45, 2.75) is 39.2 Å². The highest BCUT2D eigenvalue weighted by atomic mass is 16.6. The third kappa shape index (κ3) is 4.12. The molecule has 0 aliphatic carbocycles. The van der Waals surface area contributed by atoms with Crippen molar-refractivity contribution in [3.05, 3.63) is 24.0 Å². The van der Waals surface area contributed by atoms with Gasteiger partial charge in [0, 0.05) is 11.9 Å². The van der Waals surface area contributed by atoms with Gasteiger partial charge in [0.25, 0.3) is 0 Å². The van der Waals surface area contributed by atoms with Gasteiger partial charge < -0.3 is 9.72 Å². The zero-order valence-electron chi connectivity index (χ0n) is 8.96. The number of hydrogen-bond acceptors (Lipinski definition) is 2. The highest BCUT2D eigenvalue weighted by molar-refractivity contribution is 5.70. The van der Waals surface area contributed by atoms with E-state index in [1.54, 1.807) is 0 Å². The van der Waals surface area contributed by atoms with Crippen molar-refractivity contribution >= 4 is 5.97 Å². The predicted octanol–water partition coefficient (Wildman–Crippen LogP) is 2.29. The third-order valence-corrected chi connectivity index (χ3v) is 1.68. The standard InChI is InChI=1S/C11H17NO2/c1-11(2,3)14-10(13)7-6-9-5-4-8-12-9/h4-5,8,12H,6-7H2,1-3H3. The van der Waals surface area contributed by atoms with Crippen LogP contribution in [0.15, 0.2) is 18.3 Å². The molecule has 0 saturated carbocycles. The minimum atomic E-state index is -0.382. The Kier molecular flexibility index (Phi) is 3.33. The number of carbonyl (C=O) groups excluding carboxylic acids is 1. The molecule has 1 aromatic heterocycles. The smallest absolute Gasteiger partial charge is 0.306 e. The Balaban J connectivity index is 2.29. The predicted molar refractivity (Wildman–Crippen MR) is 55.0 cm³/mol. The molecule has 0 saturated heterocycles. The lowest BCUT2D eigenvalue weighted by molar-refractivity contribution is -0.154. The van der Waals surface area contributed by atoms with Crippen LogP contribution in [0, 0.1) is 0 Å². The van der Waals surface area contributed by atoms with Crippen molar-refractivity contribution in [3.63, 3.8) is 0 Å². The molecule has 0 radical (unpaired) electrons. The fourth-order valence-corrected chi connectivity index (χ4v) is 1.15. The van der Waals surface area contributed by atoms with Gasteiger partial charge in [-0.1, -0.05) is 0 Å². The Morgan fingerprint density at radius 3 is 2.71 bits per heavy atom. The number of hydrogen-bond donors (Lipinski definition) is 1. The fraction of sp³-hybridized carbons (Fsp3) is 0.545. The summed E-state index contributed by atoms with van der Waals surface area (Å²) in [6, 6.07) is 3.88. The van der Waals surface area contributed by atoms with Crippen molar-refractivity contribution in [2.24, 2.45) is 0 Å². The summed E-state index contributed by atoms with van der Waals surface area (Å²) < 4.78 is 5.18. The molecule has 0 aliphatic rings. The van der Waals surface area contributed by atoms with Gasteiger partial charge in [0.2, 0.25) is 0 Å². The van der Waals surface area contributed by atoms with Crippen LogP contribution in [0.1, 0.15) is 32.9 Å². The Bertz CT molecular complexity index is 283. The Hall–Kier alpha value is -1.25. The lowest BCUT2D eigenvalue weighted by Crippen LogP contribution is -2.24. The van der Waals surface area contributed by atoms with Gasteiger partial charge in [-0.2, -0.15) is 0 Å². The van der Waals surface area contributed by atoms with Crippen LogP contribution in [0.4, 0.5) is 0 Å². The lowest BCUT2D eigenvalue weighted by Gasteiger charge is -2.19.